The van der Waals surface area contributed by atoms with Crippen molar-refractivity contribution in [2.45, 2.75) is 51.4 Å². The predicted molar refractivity (Wildman–Crippen MR) is 56.8 cm³/mol. The second kappa shape index (κ2) is 6.76. The number of rotatable bonds is 0. The van der Waals surface area contributed by atoms with E-state index in [-0.39, 0.29) is 0 Å². The van der Waals surface area contributed by atoms with Crippen LogP contribution in [0.5, 0.6) is 0 Å². The van der Waals surface area contributed by atoms with Gasteiger partial charge in [0.15, 0.2) is 0 Å². The van der Waals surface area contributed by atoms with E-state index >= 15 is 0 Å². The molecule has 0 spiro atoms. The van der Waals surface area contributed by atoms with Crippen LogP contribution in [-0.2, 0) is 0 Å². The molecule has 0 aliphatic heterocycles. The molecular weight excluding hydrogens is 160 g/mol. The topological polar surface area (TPSA) is 20.2 Å². The fourth-order valence-corrected chi connectivity index (χ4v) is 1.58. The molecule has 0 unspecified atom stereocenters. The Labute approximate surface area is 81.2 Å². The molecule has 1 N–H and O–H groups in total. The van der Waals surface area contributed by atoms with Crippen molar-refractivity contribution in [1.29, 1.82) is 0 Å². The highest BCUT2D eigenvalue weighted by molar-refractivity contribution is 4.93. The van der Waals surface area contributed by atoms with Crippen molar-refractivity contribution in [3.05, 3.63) is 24.0 Å². The zero-order chi connectivity index (χ0) is 9.36. The molecule has 0 aromatic carbocycles. The van der Waals surface area contributed by atoms with E-state index in [4.69, 9.17) is 5.11 Å². The Hall–Kier alpha value is -0.720. The lowest BCUT2D eigenvalue weighted by atomic mass is 10.1. The molecule has 2 aliphatic rings. The second-order valence-corrected chi connectivity index (χ2v) is 3.70. The van der Waals surface area contributed by atoms with Gasteiger partial charge >= 0.3 is 0 Å². The third-order valence-electron chi connectivity index (χ3n) is 2.43. The number of hydrogen-bond donors (Lipinski definition) is 1. The van der Waals surface area contributed by atoms with Gasteiger partial charge in [-0.05, 0) is 51.0 Å². The molecule has 74 valence electrons. The molecule has 0 aromatic heterocycles. The largest absolute Gasteiger partial charge is 0.513 e. The van der Waals surface area contributed by atoms with Crippen molar-refractivity contribution in [3.8, 4) is 0 Å². The Morgan fingerprint density at radius 3 is 1.69 bits per heavy atom. The number of allylic oxidation sites excluding steroid dienone is 4. The van der Waals surface area contributed by atoms with Crippen LogP contribution in [-0.4, -0.2) is 5.11 Å². The molecule has 0 bridgehead atoms. The van der Waals surface area contributed by atoms with E-state index in [1.165, 1.54) is 38.5 Å². The van der Waals surface area contributed by atoms with Gasteiger partial charge in [-0.25, -0.2) is 0 Å². The summed E-state index contributed by atoms with van der Waals surface area (Å²) in [6.07, 6.45) is 16.3. The molecule has 1 nitrogen and oxygen atoms in total. The second-order valence-electron chi connectivity index (χ2n) is 3.70. The van der Waals surface area contributed by atoms with Gasteiger partial charge in [-0.1, -0.05) is 12.2 Å². The molecule has 2 rings (SSSR count). The fourth-order valence-electron chi connectivity index (χ4n) is 1.58. The van der Waals surface area contributed by atoms with Gasteiger partial charge in [0, 0.05) is 6.42 Å². The maximum absolute atomic E-state index is 8.77. The summed E-state index contributed by atoms with van der Waals surface area (Å²) in [5.41, 5.74) is 0. The number of aliphatic hydroxyl groups excluding tert-OH is 1. The highest BCUT2D eigenvalue weighted by atomic mass is 16.3. The third kappa shape index (κ3) is 5.51. The average molecular weight is 180 g/mol. The van der Waals surface area contributed by atoms with Gasteiger partial charge in [0.2, 0.25) is 0 Å². The van der Waals surface area contributed by atoms with Crippen molar-refractivity contribution in [1.82, 2.24) is 0 Å². The Bertz CT molecular complexity index is 172. The summed E-state index contributed by atoms with van der Waals surface area (Å²) in [6.45, 7) is 0. The highest BCUT2D eigenvalue weighted by Crippen LogP contribution is 2.13. The molecule has 0 fully saturated rings. The van der Waals surface area contributed by atoms with Crippen molar-refractivity contribution in [2.75, 3.05) is 0 Å². The number of hydrogen-bond acceptors (Lipinski definition) is 1. The van der Waals surface area contributed by atoms with Crippen LogP contribution in [0.25, 0.3) is 0 Å². The first kappa shape index (κ1) is 10.4. The van der Waals surface area contributed by atoms with Crippen LogP contribution >= 0.6 is 0 Å². The Morgan fingerprint density at radius 2 is 1.46 bits per heavy atom. The maximum Gasteiger partial charge on any atom is 0.0882 e. The summed E-state index contributed by atoms with van der Waals surface area (Å²) in [7, 11) is 0. The third-order valence-corrected chi connectivity index (χ3v) is 2.43. The van der Waals surface area contributed by atoms with Crippen LogP contribution in [0.1, 0.15) is 51.4 Å². The molecule has 13 heavy (non-hydrogen) atoms. The smallest absolute Gasteiger partial charge is 0.0882 e. The van der Waals surface area contributed by atoms with Crippen molar-refractivity contribution in [2.24, 2.45) is 0 Å². The first-order valence-electron chi connectivity index (χ1n) is 5.42. The van der Waals surface area contributed by atoms with Gasteiger partial charge in [0.25, 0.3) is 0 Å². The van der Waals surface area contributed by atoms with Gasteiger partial charge in [-0.3, -0.25) is 0 Å². The van der Waals surface area contributed by atoms with Gasteiger partial charge < -0.3 is 5.11 Å². The molecule has 0 atom stereocenters. The van der Waals surface area contributed by atoms with Gasteiger partial charge in [-0.2, -0.15) is 0 Å². The van der Waals surface area contributed by atoms with Crippen LogP contribution in [0, 0.1) is 0 Å². The molecule has 0 heterocycles. The standard InChI is InChI=1S/C6H10O.C6H10/c7-6-4-2-1-3-5-6;1-2-4-6-5-3-1/h4,7H,1-3,5H2;1-2H,3-6H2. The lowest BCUT2D eigenvalue weighted by molar-refractivity contribution is 0.368. The zero-order valence-corrected chi connectivity index (χ0v) is 8.34. The molecule has 0 saturated heterocycles. The summed E-state index contributed by atoms with van der Waals surface area (Å²) in [4.78, 5) is 0. The summed E-state index contributed by atoms with van der Waals surface area (Å²) >= 11 is 0. The van der Waals surface area contributed by atoms with E-state index in [2.05, 4.69) is 12.2 Å². The monoisotopic (exact) mass is 180 g/mol. The average Bonchev–Trinajstić information content (AvgIpc) is 2.22. The fraction of sp³-hybridized carbons (Fsp3) is 0.667. The molecule has 0 radical (unpaired) electrons. The summed E-state index contributed by atoms with van der Waals surface area (Å²) in [5, 5.41) is 8.77. The van der Waals surface area contributed by atoms with Crippen molar-refractivity contribution in [3.63, 3.8) is 0 Å². The molecule has 1 heteroatoms. The first-order chi connectivity index (χ1) is 6.39. The zero-order valence-electron chi connectivity index (χ0n) is 8.34. The normalized spacial score (nSPS) is 21.4. The summed E-state index contributed by atoms with van der Waals surface area (Å²) in [5.74, 6) is 0.589. The minimum Gasteiger partial charge on any atom is -0.513 e. The van der Waals surface area contributed by atoms with E-state index in [1.54, 1.807) is 0 Å². The van der Waals surface area contributed by atoms with Crippen molar-refractivity contribution < 1.29 is 5.11 Å². The predicted octanol–water partition coefficient (Wildman–Crippen LogP) is 4.12. The summed E-state index contributed by atoms with van der Waals surface area (Å²) in [6, 6.07) is 0. The van der Waals surface area contributed by atoms with Gasteiger partial charge in [0.05, 0.1) is 5.76 Å². The lowest BCUT2D eigenvalue weighted by Gasteiger charge is -2.04. The Kier molecular flexibility index (Phi) is 5.39. The van der Waals surface area contributed by atoms with Crippen LogP contribution in [0.15, 0.2) is 24.0 Å². The molecule has 0 saturated carbocycles. The van der Waals surface area contributed by atoms with Crippen LogP contribution < -0.4 is 0 Å². The van der Waals surface area contributed by atoms with E-state index < -0.39 is 0 Å². The maximum atomic E-state index is 8.77. The summed E-state index contributed by atoms with van der Waals surface area (Å²) < 4.78 is 0. The van der Waals surface area contributed by atoms with Gasteiger partial charge in [-0.15, -0.1) is 0 Å². The van der Waals surface area contributed by atoms with E-state index in [0.717, 1.165) is 12.8 Å². The number of aliphatic hydroxyl groups is 1. The van der Waals surface area contributed by atoms with E-state index in [9.17, 15) is 0 Å². The quantitative estimate of drug-likeness (QED) is 0.556. The molecular formula is C12H20O. The Morgan fingerprint density at radius 1 is 0.846 bits per heavy atom. The van der Waals surface area contributed by atoms with Gasteiger partial charge in [0.1, 0.15) is 0 Å². The van der Waals surface area contributed by atoms with E-state index in [0.29, 0.717) is 5.76 Å². The first-order valence-corrected chi connectivity index (χ1v) is 5.42. The van der Waals surface area contributed by atoms with Crippen molar-refractivity contribution >= 4 is 0 Å². The lowest BCUT2D eigenvalue weighted by Crippen LogP contribution is -1.88. The SMILES string of the molecule is C1=CCCCC1.OC1=CCCCC1. The van der Waals surface area contributed by atoms with Crippen LogP contribution in [0.3, 0.4) is 0 Å². The molecule has 0 aromatic rings. The van der Waals surface area contributed by atoms with Crippen LogP contribution in [0.4, 0.5) is 0 Å². The van der Waals surface area contributed by atoms with E-state index in [1.807, 2.05) is 6.08 Å². The molecule has 0 amide bonds. The minimum atomic E-state index is 0.589. The van der Waals surface area contributed by atoms with Crippen LogP contribution in [0.2, 0.25) is 0 Å². The minimum absolute atomic E-state index is 0.589. The highest BCUT2D eigenvalue weighted by Gasteiger charge is 1.97. The molecule has 2 aliphatic carbocycles. The Balaban J connectivity index is 0.000000132.